The number of benzene rings is 1. The first-order valence-electron chi connectivity index (χ1n) is 6.48. The molecule has 0 unspecified atom stereocenters. The molecule has 0 aliphatic heterocycles. The molecular weight excluding hydrogens is 268 g/mol. The normalized spacial score (nSPS) is 11.2. The molecule has 1 aromatic carbocycles. The third-order valence-electron chi connectivity index (χ3n) is 3.53. The lowest BCUT2D eigenvalue weighted by molar-refractivity contribution is 0.855. The fourth-order valence-electron chi connectivity index (χ4n) is 2.36. The predicted octanol–water partition coefficient (Wildman–Crippen LogP) is 3.05. The Balaban J connectivity index is 2.00. The Hall–Kier alpha value is -1.88. The van der Waals surface area contributed by atoms with E-state index in [0.29, 0.717) is 5.78 Å². The van der Waals surface area contributed by atoms with Crippen LogP contribution in [0, 0.1) is 13.8 Å². The van der Waals surface area contributed by atoms with Crippen LogP contribution in [0.15, 0.2) is 35.5 Å². The zero-order chi connectivity index (χ0) is 14.1. The average molecular weight is 284 g/mol. The maximum atomic E-state index is 4.51. The molecule has 4 nitrogen and oxygen atoms in total. The van der Waals surface area contributed by atoms with Crippen molar-refractivity contribution in [2.75, 3.05) is 6.26 Å². The average Bonchev–Trinajstić information content (AvgIpc) is 2.92. The molecule has 3 aromatic rings. The standard InChI is InChI=1S/C15H16N4S/c1-10-14(8-12-4-6-13(20-3)7-5-12)11(2)19-15(18-10)16-9-17-19/h4-7,9H,8H2,1-3H3. The highest BCUT2D eigenvalue weighted by Crippen LogP contribution is 2.20. The van der Waals surface area contributed by atoms with E-state index in [9.17, 15) is 0 Å². The zero-order valence-electron chi connectivity index (χ0n) is 11.8. The Kier molecular flexibility index (Phi) is 3.44. The van der Waals surface area contributed by atoms with Gasteiger partial charge in [-0.15, -0.1) is 11.8 Å². The van der Waals surface area contributed by atoms with Crippen LogP contribution in [-0.2, 0) is 6.42 Å². The van der Waals surface area contributed by atoms with Gasteiger partial charge < -0.3 is 0 Å². The number of fused-ring (bicyclic) bond motifs is 1. The van der Waals surface area contributed by atoms with Gasteiger partial charge in [-0.3, -0.25) is 0 Å². The number of hydrogen-bond acceptors (Lipinski definition) is 4. The Morgan fingerprint density at radius 2 is 1.90 bits per heavy atom. The van der Waals surface area contributed by atoms with Crippen LogP contribution in [0.5, 0.6) is 0 Å². The highest BCUT2D eigenvalue weighted by molar-refractivity contribution is 7.98. The summed E-state index contributed by atoms with van der Waals surface area (Å²) in [6, 6.07) is 8.67. The Bertz CT molecular complexity index is 746. The van der Waals surface area contributed by atoms with Crippen LogP contribution in [0.4, 0.5) is 0 Å². The molecule has 20 heavy (non-hydrogen) atoms. The summed E-state index contributed by atoms with van der Waals surface area (Å²) in [6.45, 7) is 4.11. The van der Waals surface area contributed by atoms with Gasteiger partial charge >= 0.3 is 0 Å². The first kappa shape index (κ1) is 13.1. The maximum absolute atomic E-state index is 4.51. The SMILES string of the molecule is CSc1ccc(Cc2c(C)nc3ncnn3c2C)cc1. The number of hydrogen-bond donors (Lipinski definition) is 0. The van der Waals surface area contributed by atoms with Crippen LogP contribution >= 0.6 is 11.8 Å². The van der Waals surface area contributed by atoms with E-state index < -0.39 is 0 Å². The zero-order valence-corrected chi connectivity index (χ0v) is 12.6. The molecule has 0 bridgehead atoms. The third-order valence-corrected chi connectivity index (χ3v) is 4.27. The van der Waals surface area contributed by atoms with E-state index in [1.54, 1.807) is 22.6 Å². The van der Waals surface area contributed by atoms with Gasteiger partial charge in [0, 0.05) is 22.7 Å². The van der Waals surface area contributed by atoms with E-state index in [1.807, 2.05) is 6.92 Å². The van der Waals surface area contributed by atoms with Crippen molar-refractivity contribution in [3.63, 3.8) is 0 Å². The topological polar surface area (TPSA) is 43.1 Å². The minimum Gasteiger partial charge on any atom is -0.216 e. The van der Waals surface area contributed by atoms with E-state index >= 15 is 0 Å². The molecule has 2 aromatic heterocycles. The van der Waals surface area contributed by atoms with Crippen molar-refractivity contribution in [1.29, 1.82) is 0 Å². The van der Waals surface area contributed by atoms with Crippen molar-refractivity contribution in [2.45, 2.75) is 25.2 Å². The van der Waals surface area contributed by atoms with E-state index in [0.717, 1.165) is 17.8 Å². The number of rotatable bonds is 3. The van der Waals surface area contributed by atoms with Crippen LogP contribution < -0.4 is 0 Å². The fraction of sp³-hybridized carbons (Fsp3) is 0.267. The largest absolute Gasteiger partial charge is 0.252 e. The first-order valence-corrected chi connectivity index (χ1v) is 7.70. The minimum atomic E-state index is 0.668. The first-order chi connectivity index (χ1) is 9.69. The number of aryl methyl sites for hydroxylation is 2. The van der Waals surface area contributed by atoms with Crippen LogP contribution in [0.1, 0.15) is 22.5 Å². The second-order valence-corrected chi connectivity index (χ2v) is 5.64. The Morgan fingerprint density at radius 1 is 1.15 bits per heavy atom. The summed E-state index contributed by atoms with van der Waals surface area (Å²) in [5.74, 6) is 0.668. The molecule has 0 saturated carbocycles. The molecule has 0 fully saturated rings. The van der Waals surface area contributed by atoms with Gasteiger partial charge in [0.05, 0.1) is 0 Å². The molecule has 0 atom stereocenters. The summed E-state index contributed by atoms with van der Waals surface area (Å²) in [6.07, 6.45) is 4.51. The van der Waals surface area contributed by atoms with Gasteiger partial charge in [-0.2, -0.15) is 10.1 Å². The summed E-state index contributed by atoms with van der Waals surface area (Å²) in [5, 5.41) is 4.23. The summed E-state index contributed by atoms with van der Waals surface area (Å²) < 4.78 is 1.80. The van der Waals surface area contributed by atoms with E-state index in [1.165, 1.54) is 16.0 Å². The monoisotopic (exact) mass is 284 g/mol. The lowest BCUT2D eigenvalue weighted by Crippen LogP contribution is -2.06. The lowest BCUT2D eigenvalue weighted by atomic mass is 10.0. The minimum absolute atomic E-state index is 0.668. The second-order valence-electron chi connectivity index (χ2n) is 4.76. The van der Waals surface area contributed by atoms with Gasteiger partial charge in [-0.1, -0.05) is 12.1 Å². The third kappa shape index (κ3) is 2.29. The molecule has 0 aliphatic rings. The van der Waals surface area contributed by atoms with Gasteiger partial charge in [0.1, 0.15) is 6.33 Å². The summed E-state index contributed by atoms with van der Waals surface area (Å²) >= 11 is 1.76. The van der Waals surface area contributed by atoms with Crippen LogP contribution in [-0.4, -0.2) is 25.8 Å². The quantitative estimate of drug-likeness (QED) is 0.693. The highest BCUT2D eigenvalue weighted by atomic mass is 32.2. The van der Waals surface area contributed by atoms with Crippen molar-refractivity contribution >= 4 is 17.5 Å². The molecule has 0 saturated heterocycles. The van der Waals surface area contributed by atoms with Crippen molar-refractivity contribution in [3.8, 4) is 0 Å². The van der Waals surface area contributed by atoms with E-state index in [4.69, 9.17) is 0 Å². The molecule has 0 amide bonds. The van der Waals surface area contributed by atoms with Crippen molar-refractivity contribution in [3.05, 3.63) is 53.1 Å². The summed E-state index contributed by atoms with van der Waals surface area (Å²) in [5.41, 5.74) is 4.64. The van der Waals surface area contributed by atoms with Crippen molar-refractivity contribution < 1.29 is 0 Å². The lowest BCUT2D eigenvalue weighted by Gasteiger charge is -2.10. The van der Waals surface area contributed by atoms with Gasteiger partial charge in [-0.25, -0.2) is 9.50 Å². The second kappa shape index (κ2) is 5.25. The highest BCUT2D eigenvalue weighted by Gasteiger charge is 2.11. The Labute approximate surface area is 122 Å². The van der Waals surface area contributed by atoms with E-state index in [-0.39, 0.29) is 0 Å². The van der Waals surface area contributed by atoms with Crippen LogP contribution in [0.3, 0.4) is 0 Å². The summed E-state index contributed by atoms with van der Waals surface area (Å²) in [7, 11) is 0. The van der Waals surface area contributed by atoms with Crippen molar-refractivity contribution in [2.24, 2.45) is 0 Å². The van der Waals surface area contributed by atoms with E-state index in [2.05, 4.69) is 52.5 Å². The molecule has 5 heteroatoms. The predicted molar refractivity (Wildman–Crippen MR) is 81.3 cm³/mol. The molecule has 0 spiro atoms. The number of aromatic nitrogens is 4. The molecule has 0 aliphatic carbocycles. The molecule has 0 N–H and O–H groups in total. The number of thioether (sulfide) groups is 1. The molecule has 0 radical (unpaired) electrons. The van der Waals surface area contributed by atoms with Gasteiger partial charge in [0.15, 0.2) is 0 Å². The molecular formula is C15H16N4S. The van der Waals surface area contributed by atoms with Crippen LogP contribution in [0.2, 0.25) is 0 Å². The van der Waals surface area contributed by atoms with Gasteiger partial charge in [0.25, 0.3) is 5.78 Å². The molecule has 3 rings (SSSR count). The fourth-order valence-corrected chi connectivity index (χ4v) is 2.77. The molecule has 102 valence electrons. The Morgan fingerprint density at radius 3 is 2.60 bits per heavy atom. The molecule has 2 heterocycles. The van der Waals surface area contributed by atoms with Crippen molar-refractivity contribution in [1.82, 2.24) is 19.6 Å². The van der Waals surface area contributed by atoms with Gasteiger partial charge in [0.2, 0.25) is 0 Å². The van der Waals surface area contributed by atoms with Crippen LogP contribution in [0.25, 0.3) is 5.78 Å². The van der Waals surface area contributed by atoms with Gasteiger partial charge in [-0.05, 0) is 43.4 Å². The summed E-state index contributed by atoms with van der Waals surface area (Å²) in [4.78, 5) is 9.95. The maximum Gasteiger partial charge on any atom is 0.252 e. The number of nitrogens with zero attached hydrogens (tertiary/aromatic N) is 4. The smallest absolute Gasteiger partial charge is 0.216 e.